The van der Waals surface area contributed by atoms with Crippen molar-refractivity contribution in [2.45, 2.75) is 12.6 Å². The lowest BCUT2D eigenvalue weighted by atomic mass is 10.1. The number of nitrogens with one attached hydrogen (secondary N) is 1. The average molecular weight is 270 g/mol. The molecule has 2 rings (SSSR count). The SMILES string of the molecule is OCC(NCc1ccco1)c1ccc(Cl)c(F)c1. The van der Waals surface area contributed by atoms with Crippen LogP contribution in [0.2, 0.25) is 5.02 Å². The van der Waals surface area contributed by atoms with Gasteiger partial charge in [0.25, 0.3) is 0 Å². The minimum Gasteiger partial charge on any atom is -0.468 e. The molecule has 1 aromatic heterocycles. The molecule has 1 aromatic carbocycles. The number of aliphatic hydroxyl groups excluding tert-OH is 1. The molecule has 0 spiro atoms. The summed E-state index contributed by atoms with van der Waals surface area (Å²) < 4.78 is 18.5. The van der Waals surface area contributed by atoms with Crippen molar-refractivity contribution in [3.63, 3.8) is 0 Å². The summed E-state index contributed by atoms with van der Waals surface area (Å²) in [5.41, 5.74) is 0.644. The average Bonchev–Trinajstić information content (AvgIpc) is 2.87. The van der Waals surface area contributed by atoms with E-state index in [9.17, 15) is 9.50 Å². The van der Waals surface area contributed by atoms with Crippen LogP contribution in [-0.4, -0.2) is 11.7 Å². The highest BCUT2D eigenvalue weighted by molar-refractivity contribution is 6.30. The van der Waals surface area contributed by atoms with E-state index in [1.54, 1.807) is 18.4 Å². The summed E-state index contributed by atoms with van der Waals surface area (Å²) in [4.78, 5) is 0. The molecule has 0 aliphatic rings. The number of hydrogen-bond acceptors (Lipinski definition) is 3. The van der Waals surface area contributed by atoms with Crippen molar-refractivity contribution < 1.29 is 13.9 Å². The lowest BCUT2D eigenvalue weighted by molar-refractivity contribution is 0.240. The van der Waals surface area contributed by atoms with E-state index in [0.717, 1.165) is 5.76 Å². The Labute approximate surface area is 109 Å². The van der Waals surface area contributed by atoms with Gasteiger partial charge in [-0.25, -0.2) is 4.39 Å². The van der Waals surface area contributed by atoms with Gasteiger partial charge in [-0.2, -0.15) is 0 Å². The van der Waals surface area contributed by atoms with Crippen molar-refractivity contribution in [3.05, 3.63) is 58.8 Å². The molecule has 0 amide bonds. The molecule has 0 saturated heterocycles. The Balaban J connectivity index is 2.05. The van der Waals surface area contributed by atoms with E-state index < -0.39 is 5.82 Å². The molecular formula is C13H13ClFNO2. The largest absolute Gasteiger partial charge is 0.468 e. The van der Waals surface area contributed by atoms with Crippen LogP contribution >= 0.6 is 11.6 Å². The van der Waals surface area contributed by atoms with E-state index in [-0.39, 0.29) is 17.7 Å². The third-order valence-corrected chi connectivity index (χ3v) is 2.94. The lowest BCUT2D eigenvalue weighted by Crippen LogP contribution is -2.23. The van der Waals surface area contributed by atoms with Crippen LogP contribution in [0.4, 0.5) is 4.39 Å². The molecule has 0 radical (unpaired) electrons. The Bertz CT molecular complexity index is 502. The molecule has 5 heteroatoms. The lowest BCUT2D eigenvalue weighted by Gasteiger charge is -2.16. The fourth-order valence-electron chi connectivity index (χ4n) is 1.65. The Morgan fingerprint density at radius 2 is 2.22 bits per heavy atom. The predicted molar refractivity (Wildman–Crippen MR) is 66.8 cm³/mol. The van der Waals surface area contributed by atoms with Crippen LogP contribution in [0.25, 0.3) is 0 Å². The van der Waals surface area contributed by atoms with Gasteiger partial charge in [-0.05, 0) is 29.8 Å². The highest BCUT2D eigenvalue weighted by Crippen LogP contribution is 2.20. The first-order chi connectivity index (χ1) is 8.70. The number of hydrogen-bond donors (Lipinski definition) is 2. The summed E-state index contributed by atoms with van der Waals surface area (Å²) in [6, 6.07) is 7.72. The molecular weight excluding hydrogens is 257 g/mol. The van der Waals surface area contributed by atoms with Gasteiger partial charge in [0, 0.05) is 0 Å². The second-order valence-electron chi connectivity index (χ2n) is 3.87. The number of aliphatic hydroxyl groups is 1. The van der Waals surface area contributed by atoms with Crippen LogP contribution in [0, 0.1) is 5.82 Å². The van der Waals surface area contributed by atoms with E-state index >= 15 is 0 Å². The van der Waals surface area contributed by atoms with Gasteiger partial charge in [0.2, 0.25) is 0 Å². The van der Waals surface area contributed by atoms with E-state index in [1.807, 2.05) is 6.07 Å². The van der Waals surface area contributed by atoms with Crippen molar-refractivity contribution in [2.24, 2.45) is 0 Å². The van der Waals surface area contributed by atoms with Crippen LogP contribution in [0.3, 0.4) is 0 Å². The standard InChI is InChI=1S/C13H13ClFNO2/c14-11-4-3-9(6-12(11)15)13(8-17)16-7-10-2-1-5-18-10/h1-6,13,16-17H,7-8H2. The van der Waals surface area contributed by atoms with Crippen LogP contribution in [0.1, 0.15) is 17.4 Å². The Morgan fingerprint density at radius 1 is 1.39 bits per heavy atom. The smallest absolute Gasteiger partial charge is 0.142 e. The summed E-state index contributed by atoms with van der Waals surface area (Å²) in [5.74, 6) is 0.260. The third kappa shape index (κ3) is 3.10. The van der Waals surface area contributed by atoms with Gasteiger partial charge >= 0.3 is 0 Å². The van der Waals surface area contributed by atoms with Crippen molar-refractivity contribution >= 4 is 11.6 Å². The molecule has 0 fully saturated rings. The van der Waals surface area contributed by atoms with Crippen molar-refractivity contribution in [2.75, 3.05) is 6.61 Å². The highest BCUT2D eigenvalue weighted by atomic mass is 35.5. The van der Waals surface area contributed by atoms with Gasteiger partial charge in [-0.3, -0.25) is 0 Å². The topological polar surface area (TPSA) is 45.4 Å². The van der Waals surface area contributed by atoms with Crippen molar-refractivity contribution in [3.8, 4) is 0 Å². The first-order valence-electron chi connectivity index (χ1n) is 5.52. The molecule has 0 saturated carbocycles. The first kappa shape index (κ1) is 13.1. The van der Waals surface area contributed by atoms with Crippen LogP contribution in [-0.2, 0) is 6.54 Å². The first-order valence-corrected chi connectivity index (χ1v) is 5.90. The van der Waals surface area contributed by atoms with Gasteiger partial charge in [0.1, 0.15) is 11.6 Å². The monoisotopic (exact) mass is 269 g/mol. The second kappa shape index (κ2) is 6.00. The number of furan rings is 1. The van der Waals surface area contributed by atoms with E-state index in [4.69, 9.17) is 16.0 Å². The van der Waals surface area contributed by atoms with E-state index in [2.05, 4.69) is 5.32 Å². The minimum atomic E-state index is -0.493. The molecule has 0 aliphatic carbocycles. The summed E-state index contributed by atoms with van der Waals surface area (Å²) in [7, 11) is 0. The Kier molecular flexibility index (Phi) is 4.36. The van der Waals surface area contributed by atoms with Gasteiger partial charge < -0.3 is 14.8 Å². The summed E-state index contributed by atoms with van der Waals surface area (Å²) in [6.07, 6.45) is 1.58. The normalized spacial score (nSPS) is 12.6. The van der Waals surface area contributed by atoms with Gasteiger partial charge in [-0.1, -0.05) is 17.7 Å². The van der Waals surface area contributed by atoms with E-state index in [1.165, 1.54) is 12.1 Å². The van der Waals surface area contributed by atoms with Gasteiger partial charge in [-0.15, -0.1) is 0 Å². The fraction of sp³-hybridized carbons (Fsp3) is 0.231. The quantitative estimate of drug-likeness (QED) is 0.877. The predicted octanol–water partition coefficient (Wildman–Crippen LogP) is 2.90. The Hall–Kier alpha value is -1.36. The molecule has 1 unspecified atom stereocenters. The summed E-state index contributed by atoms with van der Waals surface area (Å²) in [5, 5.41) is 12.5. The molecule has 0 aliphatic heterocycles. The van der Waals surface area contributed by atoms with Crippen molar-refractivity contribution in [1.82, 2.24) is 5.32 Å². The van der Waals surface area contributed by atoms with Crippen molar-refractivity contribution in [1.29, 1.82) is 0 Å². The van der Waals surface area contributed by atoms with Crippen LogP contribution < -0.4 is 5.32 Å². The molecule has 2 N–H and O–H groups in total. The zero-order chi connectivity index (χ0) is 13.0. The zero-order valence-electron chi connectivity index (χ0n) is 9.57. The number of halogens is 2. The highest BCUT2D eigenvalue weighted by Gasteiger charge is 2.12. The van der Waals surface area contributed by atoms with Crippen LogP contribution in [0.5, 0.6) is 0 Å². The van der Waals surface area contributed by atoms with Gasteiger partial charge in [0.05, 0.1) is 30.5 Å². The molecule has 1 heterocycles. The zero-order valence-corrected chi connectivity index (χ0v) is 10.3. The molecule has 3 nitrogen and oxygen atoms in total. The maximum atomic E-state index is 13.3. The van der Waals surface area contributed by atoms with Gasteiger partial charge in [0.15, 0.2) is 0 Å². The molecule has 1 atom stereocenters. The van der Waals surface area contributed by atoms with E-state index in [0.29, 0.717) is 12.1 Å². The maximum absolute atomic E-state index is 13.3. The van der Waals surface area contributed by atoms with Crippen LogP contribution in [0.15, 0.2) is 41.0 Å². The molecule has 2 aromatic rings. The maximum Gasteiger partial charge on any atom is 0.142 e. The summed E-state index contributed by atoms with van der Waals surface area (Å²) >= 11 is 5.61. The second-order valence-corrected chi connectivity index (χ2v) is 4.28. The minimum absolute atomic E-state index is 0.0708. The Morgan fingerprint density at radius 3 is 2.83 bits per heavy atom. The molecule has 0 bridgehead atoms. The number of rotatable bonds is 5. The fourth-order valence-corrected chi connectivity index (χ4v) is 1.77. The summed E-state index contributed by atoms with van der Waals surface area (Å²) in [6.45, 7) is 0.324. The third-order valence-electron chi connectivity index (χ3n) is 2.63. The number of benzene rings is 1. The molecule has 96 valence electrons. The molecule has 18 heavy (non-hydrogen) atoms.